The van der Waals surface area contributed by atoms with Gasteiger partial charge >= 0.3 is 0 Å². The molecular weight excluding hydrogens is 385 g/mol. The Kier molecular flexibility index (Phi) is 6.95. The van der Waals surface area contributed by atoms with Crippen molar-refractivity contribution in [3.8, 4) is 0 Å². The summed E-state index contributed by atoms with van der Waals surface area (Å²) in [5.74, 6) is -0.530. The van der Waals surface area contributed by atoms with Crippen LogP contribution in [0.4, 0.5) is 10.1 Å². The van der Waals surface area contributed by atoms with Gasteiger partial charge in [0.2, 0.25) is 0 Å². The fourth-order valence-corrected chi connectivity index (χ4v) is 3.31. The highest BCUT2D eigenvalue weighted by Gasteiger charge is 2.19. The molecule has 3 rings (SSSR count). The number of nitrogens with zero attached hydrogens (tertiary/aromatic N) is 3. The van der Waals surface area contributed by atoms with Gasteiger partial charge in [0.05, 0.1) is 11.5 Å². The first-order valence-corrected chi connectivity index (χ1v) is 9.90. The van der Waals surface area contributed by atoms with Crippen molar-refractivity contribution in [3.05, 3.63) is 99.6 Å². The molecule has 0 unspecified atom stereocenters. The number of rotatable bonds is 9. The molecule has 7 heteroatoms. The molecule has 0 saturated carbocycles. The van der Waals surface area contributed by atoms with Crippen LogP contribution in [0.15, 0.2) is 66.9 Å². The number of aromatic nitrogens is 1. The van der Waals surface area contributed by atoms with E-state index in [4.69, 9.17) is 0 Å². The highest BCUT2D eigenvalue weighted by molar-refractivity contribution is 5.94. The molecule has 0 saturated heterocycles. The maximum absolute atomic E-state index is 13.5. The predicted molar refractivity (Wildman–Crippen MR) is 113 cm³/mol. The molecule has 0 atom stereocenters. The van der Waals surface area contributed by atoms with Crippen LogP contribution >= 0.6 is 0 Å². The first-order chi connectivity index (χ1) is 14.5. The molecule has 0 N–H and O–H groups in total. The van der Waals surface area contributed by atoms with E-state index in [9.17, 15) is 19.3 Å². The lowest BCUT2D eigenvalue weighted by Gasteiger charge is -2.23. The van der Waals surface area contributed by atoms with E-state index in [1.54, 1.807) is 17.0 Å². The van der Waals surface area contributed by atoms with Crippen molar-refractivity contribution in [2.45, 2.75) is 32.9 Å². The summed E-state index contributed by atoms with van der Waals surface area (Å²) < 4.78 is 15.5. The Morgan fingerprint density at radius 1 is 1.13 bits per heavy atom. The molecule has 0 aliphatic carbocycles. The number of nitro benzene ring substituents is 1. The van der Waals surface area contributed by atoms with E-state index in [2.05, 4.69) is 0 Å². The standard InChI is InChI=1S/C23H24FN3O3/c1-2-3-12-26(23(28)19-8-5-10-21(15-19)27(29)30)17-22-11-6-13-25(22)16-18-7-4-9-20(24)14-18/h4-11,13-15H,2-3,12,16-17H2,1H3. The van der Waals surface area contributed by atoms with E-state index < -0.39 is 4.92 Å². The van der Waals surface area contributed by atoms with Crippen molar-refractivity contribution in [3.63, 3.8) is 0 Å². The van der Waals surface area contributed by atoms with Gasteiger partial charge in [-0.25, -0.2) is 4.39 Å². The molecule has 0 bridgehead atoms. The second-order valence-electron chi connectivity index (χ2n) is 7.15. The van der Waals surface area contributed by atoms with Crippen molar-refractivity contribution in [2.24, 2.45) is 0 Å². The summed E-state index contributed by atoms with van der Waals surface area (Å²) in [7, 11) is 0. The Labute approximate surface area is 174 Å². The minimum Gasteiger partial charge on any atom is -0.345 e. The van der Waals surface area contributed by atoms with Crippen LogP contribution in [0.25, 0.3) is 0 Å². The summed E-state index contributed by atoms with van der Waals surface area (Å²) in [4.78, 5) is 25.4. The third-order valence-electron chi connectivity index (χ3n) is 4.89. The largest absolute Gasteiger partial charge is 0.345 e. The van der Waals surface area contributed by atoms with Crippen molar-refractivity contribution >= 4 is 11.6 Å². The number of nitro groups is 1. The quantitative estimate of drug-likeness (QED) is 0.368. The van der Waals surface area contributed by atoms with E-state index in [-0.39, 0.29) is 17.4 Å². The van der Waals surface area contributed by atoms with Gasteiger partial charge in [-0.1, -0.05) is 31.5 Å². The Balaban J connectivity index is 1.82. The number of hydrogen-bond donors (Lipinski definition) is 0. The smallest absolute Gasteiger partial charge is 0.270 e. The number of non-ortho nitro benzene ring substituents is 1. The van der Waals surface area contributed by atoms with Gasteiger partial charge < -0.3 is 9.47 Å². The number of benzene rings is 2. The molecule has 0 fully saturated rings. The van der Waals surface area contributed by atoms with Crippen LogP contribution in [0.1, 0.15) is 41.4 Å². The maximum Gasteiger partial charge on any atom is 0.270 e. The molecular formula is C23H24FN3O3. The molecule has 30 heavy (non-hydrogen) atoms. The van der Waals surface area contributed by atoms with Gasteiger partial charge in [-0.05, 0) is 42.3 Å². The molecule has 0 radical (unpaired) electrons. The Hall–Kier alpha value is -3.48. The van der Waals surface area contributed by atoms with Gasteiger partial charge in [-0.15, -0.1) is 0 Å². The Morgan fingerprint density at radius 3 is 2.67 bits per heavy atom. The van der Waals surface area contributed by atoms with Crippen molar-refractivity contribution < 1.29 is 14.1 Å². The normalized spacial score (nSPS) is 10.7. The fourth-order valence-electron chi connectivity index (χ4n) is 3.31. The van der Waals surface area contributed by atoms with Crippen molar-refractivity contribution in [1.29, 1.82) is 0 Å². The summed E-state index contributed by atoms with van der Waals surface area (Å²) in [5.41, 5.74) is 1.93. The van der Waals surface area contributed by atoms with Gasteiger partial charge in [0.15, 0.2) is 0 Å². The molecule has 3 aromatic rings. The van der Waals surface area contributed by atoms with Crippen molar-refractivity contribution in [1.82, 2.24) is 9.47 Å². The van der Waals surface area contributed by atoms with Crippen LogP contribution in [-0.2, 0) is 13.1 Å². The van der Waals surface area contributed by atoms with E-state index in [1.165, 1.54) is 30.3 Å². The summed E-state index contributed by atoms with van der Waals surface area (Å²) in [6.45, 7) is 3.45. The second kappa shape index (κ2) is 9.82. The van der Waals surface area contributed by atoms with Crippen molar-refractivity contribution in [2.75, 3.05) is 6.54 Å². The minimum atomic E-state index is -0.503. The Morgan fingerprint density at radius 2 is 1.93 bits per heavy atom. The van der Waals surface area contributed by atoms with Crippen LogP contribution in [0.2, 0.25) is 0 Å². The highest BCUT2D eigenvalue weighted by atomic mass is 19.1. The van der Waals surface area contributed by atoms with Crippen LogP contribution in [0, 0.1) is 15.9 Å². The molecule has 0 aliphatic rings. The third kappa shape index (κ3) is 5.31. The van der Waals surface area contributed by atoms with E-state index in [1.807, 2.05) is 35.9 Å². The van der Waals surface area contributed by atoms with Crippen LogP contribution < -0.4 is 0 Å². The molecule has 156 valence electrons. The van der Waals surface area contributed by atoms with E-state index in [0.29, 0.717) is 25.2 Å². The maximum atomic E-state index is 13.5. The zero-order valence-corrected chi connectivity index (χ0v) is 16.8. The lowest BCUT2D eigenvalue weighted by Crippen LogP contribution is -2.32. The number of amides is 1. The first-order valence-electron chi connectivity index (χ1n) is 9.90. The number of carbonyl (C=O) groups is 1. The zero-order valence-electron chi connectivity index (χ0n) is 16.8. The lowest BCUT2D eigenvalue weighted by molar-refractivity contribution is -0.384. The first kappa shape index (κ1) is 21.2. The topological polar surface area (TPSA) is 68.4 Å². The molecule has 2 aromatic carbocycles. The van der Waals surface area contributed by atoms with E-state index in [0.717, 1.165) is 24.1 Å². The molecule has 0 spiro atoms. The Bertz CT molecular complexity index is 1030. The van der Waals surface area contributed by atoms with Crippen LogP contribution in [0.3, 0.4) is 0 Å². The minimum absolute atomic E-state index is 0.106. The fraction of sp³-hybridized carbons (Fsp3) is 0.261. The summed E-state index contributed by atoms with van der Waals surface area (Å²) in [6.07, 6.45) is 3.64. The summed E-state index contributed by atoms with van der Waals surface area (Å²) in [6, 6.07) is 16.1. The number of unbranched alkanes of at least 4 members (excludes halogenated alkanes) is 1. The predicted octanol–water partition coefficient (Wildman–Crippen LogP) is 5.03. The van der Waals surface area contributed by atoms with Gasteiger partial charge in [-0.3, -0.25) is 14.9 Å². The SMILES string of the molecule is CCCCN(Cc1cccn1Cc1cccc(F)c1)C(=O)c1cccc([N+](=O)[O-])c1. The molecule has 1 aromatic heterocycles. The molecule has 0 aliphatic heterocycles. The average Bonchev–Trinajstić information content (AvgIpc) is 3.17. The van der Waals surface area contributed by atoms with E-state index >= 15 is 0 Å². The lowest BCUT2D eigenvalue weighted by atomic mass is 10.1. The molecule has 6 nitrogen and oxygen atoms in total. The van der Waals surface area contributed by atoms with Crippen LogP contribution in [-0.4, -0.2) is 26.8 Å². The molecule has 1 amide bonds. The van der Waals surface area contributed by atoms with Gasteiger partial charge in [-0.2, -0.15) is 0 Å². The molecule has 1 heterocycles. The number of halogens is 1. The summed E-state index contributed by atoms with van der Waals surface area (Å²) >= 11 is 0. The number of hydrogen-bond acceptors (Lipinski definition) is 3. The van der Waals surface area contributed by atoms with Gasteiger partial charge in [0.1, 0.15) is 5.82 Å². The van der Waals surface area contributed by atoms with Gasteiger partial charge in [0, 0.05) is 42.7 Å². The third-order valence-corrected chi connectivity index (χ3v) is 4.89. The van der Waals surface area contributed by atoms with Gasteiger partial charge in [0.25, 0.3) is 11.6 Å². The number of carbonyl (C=O) groups excluding carboxylic acids is 1. The zero-order chi connectivity index (χ0) is 21.5. The highest BCUT2D eigenvalue weighted by Crippen LogP contribution is 2.18. The average molecular weight is 409 g/mol. The van der Waals surface area contributed by atoms with Crippen LogP contribution in [0.5, 0.6) is 0 Å². The second-order valence-corrected chi connectivity index (χ2v) is 7.15. The monoisotopic (exact) mass is 409 g/mol. The summed E-state index contributed by atoms with van der Waals surface area (Å²) in [5, 5.41) is 11.1.